The zero-order chi connectivity index (χ0) is 38.8. The second kappa shape index (κ2) is 16.3. The van der Waals surface area contributed by atoms with Crippen molar-refractivity contribution in [3.05, 3.63) is 107 Å². The number of carbonyl (C=O) groups is 1. The Morgan fingerprint density at radius 3 is 2.47 bits per heavy atom. The largest absolute Gasteiger partial charge is 0.507 e. The van der Waals surface area contributed by atoms with E-state index in [0.29, 0.717) is 41.7 Å². The first-order valence-electron chi connectivity index (χ1n) is 19.6. The van der Waals surface area contributed by atoms with Gasteiger partial charge in [0.15, 0.2) is 0 Å². The quantitative estimate of drug-likeness (QED) is 0.126. The fraction of sp³-hybridized carbons (Fsp3) is 0.442. The molecule has 3 atom stereocenters. The fourth-order valence-electron chi connectivity index (χ4n) is 8.67. The Kier molecular flexibility index (Phi) is 11.3. The second-order valence-electron chi connectivity index (χ2n) is 15.8. The third-order valence-electron chi connectivity index (χ3n) is 11.9. The van der Waals surface area contributed by atoms with E-state index in [1.807, 2.05) is 55.4 Å². The van der Waals surface area contributed by atoms with Crippen molar-refractivity contribution in [2.24, 2.45) is 29.0 Å². The van der Waals surface area contributed by atoms with E-state index in [1.165, 1.54) is 30.2 Å². The third-order valence-corrected chi connectivity index (χ3v) is 11.9. The highest BCUT2D eigenvalue weighted by atomic mass is 16.5. The van der Waals surface area contributed by atoms with Crippen molar-refractivity contribution < 1.29 is 14.6 Å². The number of pyridine rings is 1. The fourth-order valence-corrected chi connectivity index (χ4v) is 8.67. The topological polar surface area (TPSA) is 164 Å². The van der Waals surface area contributed by atoms with Gasteiger partial charge >= 0.3 is 0 Å². The number of hydrogen-bond acceptors (Lipinski definition) is 10. The van der Waals surface area contributed by atoms with E-state index < -0.39 is 0 Å². The van der Waals surface area contributed by atoms with E-state index in [0.717, 1.165) is 61.5 Å². The molecular weight excluding hydrogens is 691 g/mol. The number of nitrogens with one attached hydrogen (secondary N) is 1. The van der Waals surface area contributed by atoms with Crippen LogP contribution in [-0.4, -0.2) is 94.2 Å². The summed E-state index contributed by atoms with van der Waals surface area (Å²) in [6.07, 6.45) is 9.35. The van der Waals surface area contributed by atoms with Crippen LogP contribution in [-0.2, 0) is 4.74 Å². The van der Waals surface area contributed by atoms with Crippen molar-refractivity contribution in [1.82, 2.24) is 24.3 Å². The Morgan fingerprint density at radius 1 is 1.05 bits per heavy atom. The molecule has 4 aromatic rings. The predicted molar refractivity (Wildman–Crippen MR) is 219 cm³/mol. The van der Waals surface area contributed by atoms with Crippen molar-refractivity contribution in [3.63, 3.8) is 0 Å². The lowest BCUT2D eigenvalue weighted by atomic mass is 9.72. The number of anilines is 1. The van der Waals surface area contributed by atoms with E-state index in [1.54, 1.807) is 24.3 Å². The summed E-state index contributed by atoms with van der Waals surface area (Å²) in [7, 11) is 1.93. The highest BCUT2D eigenvalue weighted by Crippen LogP contribution is 2.40. The molecule has 0 radical (unpaired) electrons. The molecule has 8 N–H and O–H groups in total. The number of allylic oxidation sites excluding steroid dienone is 1. The van der Waals surface area contributed by atoms with Gasteiger partial charge in [0.25, 0.3) is 5.91 Å². The van der Waals surface area contributed by atoms with E-state index >= 15 is 0 Å². The van der Waals surface area contributed by atoms with Gasteiger partial charge in [0, 0.05) is 86.8 Å². The number of nitrogens with zero attached hydrogens (tertiary/aromatic N) is 5. The molecule has 1 amide bonds. The minimum atomic E-state index is -0.255. The SMILES string of the molecule is CNc1cnc2c(c1)c(C)cn2C(C)CC1CC(CN2CCN(C(=O)c3ccc(C4CN(C(/C=C(\N)c5ccccc5O)=C(N)N)C(C)CO4)cc3)CC2)C1. The van der Waals surface area contributed by atoms with Crippen molar-refractivity contribution >= 4 is 28.3 Å². The summed E-state index contributed by atoms with van der Waals surface area (Å²) in [6, 6.07) is 17.3. The number of fused-ring (bicyclic) bond motifs is 1. The lowest BCUT2D eigenvalue weighted by Gasteiger charge is -2.42. The number of carbonyl (C=O) groups excluding carboxylic acids is 1. The molecule has 55 heavy (non-hydrogen) atoms. The van der Waals surface area contributed by atoms with Gasteiger partial charge in [0.2, 0.25) is 0 Å². The van der Waals surface area contributed by atoms with Gasteiger partial charge in [-0.05, 0) is 99.4 Å². The Hall–Kier alpha value is -5.20. The lowest BCUT2D eigenvalue weighted by molar-refractivity contribution is -0.0457. The van der Waals surface area contributed by atoms with E-state index in [4.69, 9.17) is 26.9 Å². The van der Waals surface area contributed by atoms with Crippen molar-refractivity contribution in [2.45, 2.75) is 58.2 Å². The van der Waals surface area contributed by atoms with Gasteiger partial charge in [-0.25, -0.2) is 4.98 Å². The summed E-state index contributed by atoms with van der Waals surface area (Å²) in [5.74, 6) is 1.75. The predicted octanol–water partition coefficient (Wildman–Crippen LogP) is 5.38. The Bertz CT molecular complexity index is 2040. The van der Waals surface area contributed by atoms with Crippen LogP contribution in [0.1, 0.15) is 72.3 Å². The summed E-state index contributed by atoms with van der Waals surface area (Å²) in [5, 5.41) is 14.7. The summed E-state index contributed by atoms with van der Waals surface area (Å²) in [6.45, 7) is 11.9. The standard InChI is InChI=1S/C43H57N9O3/c1-27-23-52(42-36(27)20-34(47-4)22-48-42)28(2)17-30-18-31(19-30)24-49-13-15-50(16-14-49)43(54)33-11-9-32(10-12-33)40-25-51(29(3)26-55-40)38(41(45)46)21-37(44)35-7-5-6-8-39(35)53/h5-12,20-23,28-31,40,47,53H,13-19,24-26,44-46H2,1-4H3/b37-21-. The van der Waals surface area contributed by atoms with Gasteiger partial charge in [-0.2, -0.15) is 0 Å². The minimum Gasteiger partial charge on any atom is -0.507 e. The van der Waals surface area contributed by atoms with Crippen molar-refractivity contribution in [1.29, 1.82) is 0 Å². The molecule has 1 saturated carbocycles. The van der Waals surface area contributed by atoms with Gasteiger partial charge in [0.1, 0.15) is 23.3 Å². The lowest BCUT2D eigenvalue weighted by Crippen LogP contribution is -2.50. The van der Waals surface area contributed by atoms with E-state index in [9.17, 15) is 9.90 Å². The number of aromatic nitrogens is 2. The molecule has 0 bridgehead atoms. The molecule has 2 aliphatic heterocycles. The van der Waals surface area contributed by atoms with Crippen LogP contribution in [0.25, 0.3) is 16.7 Å². The van der Waals surface area contributed by atoms with Crippen LogP contribution < -0.4 is 22.5 Å². The third kappa shape index (κ3) is 8.25. The highest BCUT2D eigenvalue weighted by molar-refractivity contribution is 5.94. The maximum absolute atomic E-state index is 13.6. The van der Waals surface area contributed by atoms with Crippen LogP contribution in [0, 0.1) is 18.8 Å². The molecular formula is C43H57N9O3. The minimum absolute atomic E-state index is 0.0124. The first kappa shape index (κ1) is 38.1. The zero-order valence-electron chi connectivity index (χ0n) is 32.6. The number of morpholine rings is 1. The average molecular weight is 748 g/mol. The Labute approximate surface area is 324 Å². The van der Waals surface area contributed by atoms with Gasteiger partial charge in [-0.3, -0.25) is 9.69 Å². The average Bonchev–Trinajstić information content (AvgIpc) is 3.51. The zero-order valence-corrected chi connectivity index (χ0v) is 32.6. The van der Waals surface area contributed by atoms with Gasteiger partial charge in [0.05, 0.1) is 24.2 Å². The number of rotatable bonds is 11. The molecule has 4 heterocycles. The molecule has 2 saturated heterocycles. The summed E-state index contributed by atoms with van der Waals surface area (Å²) < 4.78 is 8.61. The molecule has 292 valence electrons. The number of nitrogens with two attached hydrogens (primary N) is 3. The van der Waals surface area contributed by atoms with Crippen LogP contribution in [0.4, 0.5) is 5.69 Å². The Morgan fingerprint density at radius 2 is 1.78 bits per heavy atom. The molecule has 12 nitrogen and oxygen atoms in total. The van der Waals surface area contributed by atoms with Gasteiger partial charge in [-0.15, -0.1) is 0 Å². The molecule has 12 heteroatoms. The summed E-state index contributed by atoms with van der Waals surface area (Å²) >= 11 is 0. The normalized spacial score (nSPS) is 22.7. The number of phenolic OH excluding ortho intramolecular Hbond substituents is 1. The molecule has 1 aliphatic carbocycles. The van der Waals surface area contributed by atoms with Crippen molar-refractivity contribution in [2.75, 3.05) is 58.2 Å². The number of ether oxygens (including phenoxy) is 1. The number of para-hydroxylation sites is 1. The van der Waals surface area contributed by atoms with E-state index in [-0.39, 0.29) is 29.6 Å². The smallest absolute Gasteiger partial charge is 0.253 e. The summed E-state index contributed by atoms with van der Waals surface area (Å²) in [5.41, 5.74) is 25.2. The molecule has 2 aromatic carbocycles. The first-order chi connectivity index (χ1) is 26.5. The molecule has 3 aliphatic rings. The maximum Gasteiger partial charge on any atom is 0.253 e. The van der Waals surface area contributed by atoms with Crippen molar-refractivity contribution in [3.8, 4) is 5.75 Å². The van der Waals surface area contributed by atoms with Crippen LogP contribution in [0.5, 0.6) is 5.75 Å². The van der Waals surface area contributed by atoms with Crippen LogP contribution >= 0.6 is 0 Å². The van der Waals surface area contributed by atoms with Gasteiger partial charge in [-0.1, -0.05) is 24.3 Å². The van der Waals surface area contributed by atoms with E-state index in [2.05, 4.69) is 45.8 Å². The summed E-state index contributed by atoms with van der Waals surface area (Å²) in [4.78, 5) is 24.9. The number of aromatic hydroxyl groups is 1. The van der Waals surface area contributed by atoms with Crippen LogP contribution in [0.15, 0.2) is 84.6 Å². The Balaban J connectivity index is 0.879. The van der Waals surface area contributed by atoms with Crippen LogP contribution in [0.2, 0.25) is 0 Å². The molecule has 0 spiro atoms. The number of benzene rings is 2. The molecule has 7 rings (SSSR count). The molecule has 3 fully saturated rings. The van der Waals surface area contributed by atoms with Gasteiger partial charge < -0.3 is 46.7 Å². The van der Waals surface area contributed by atoms with Crippen LogP contribution in [0.3, 0.4) is 0 Å². The molecule has 3 unspecified atom stereocenters. The second-order valence-corrected chi connectivity index (χ2v) is 15.8. The number of piperazine rings is 1. The monoisotopic (exact) mass is 747 g/mol. The number of hydrogen-bond donors (Lipinski definition) is 5. The molecule has 2 aromatic heterocycles. The number of aryl methyl sites for hydroxylation is 1. The number of amides is 1. The highest BCUT2D eigenvalue weighted by Gasteiger charge is 2.34. The number of phenols is 1. The first-order valence-corrected chi connectivity index (χ1v) is 19.6. The maximum atomic E-state index is 13.6.